The van der Waals surface area contributed by atoms with E-state index in [0.717, 1.165) is 30.6 Å². The molecule has 1 aromatic carbocycles. The minimum Gasteiger partial charge on any atom is -0.493 e. The van der Waals surface area contributed by atoms with Gasteiger partial charge in [-0.1, -0.05) is 18.2 Å². The molecule has 0 spiro atoms. The second-order valence-corrected chi connectivity index (χ2v) is 5.69. The molecule has 0 aromatic heterocycles. The molecule has 0 radical (unpaired) electrons. The number of nitrogens with one attached hydrogen (secondary N) is 1. The Morgan fingerprint density at radius 1 is 1.53 bits per heavy atom. The average molecular weight is 282 g/mol. The molecular formula is C15H20ClNO2. The van der Waals surface area contributed by atoms with Crippen LogP contribution in [0.2, 0.25) is 0 Å². The van der Waals surface area contributed by atoms with Crippen LogP contribution in [0.1, 0.15) is 37.7 Å². The van der Waals surface area contributed by atoms with E-state index in [2.05, 4.69) is 5.32 Å². The lowest BCUT2D eigenvalue weighted by atomic mass is 9.92. The maximum absolute atomic E-state index is 12.2. The molecule has 1 aliphatic heterocycles. The number of amides is 1. The summed E-state index contributed by atoms with van der Waals surface area (Å²) in [4.78, 5) is 12.2. The van der Waals surface area contributed by atoms with Crippen LogP contribution in [0.3, 0.4) is 0 Å². The van der Waals surface area contributed by atoms with Crippen molar-refractivity contribution in [2.24, 2.45) is 0 Å². The minimum absolute atomic E-state index is 0.0848. The number of ether oxygens (including phenoxy) is 1. The maximum Gasteiger partial charge on any atom is 0.227 e. The van der Waals surface area contributed by atoms with Gasteiger partial charge in [0.1, 0.15) is 5.75 Å². The molecule has 19 heavy (non-hydrogen) atoms. The molecule has 2 unspecified atom stereocenters. The number of carbonyl (C=O) groups excluding carboxylic acids is 1. The maximum atomic E-state index is 12.2. The average Bonchev–Trinajstić information content (AvgIpc) is 2.42. The van der Waals surface area contributed by atoms with Crippen LogP contribution in [0.5, 0.6) is 5.75 Å². The Hall–Kier alpha value is -1.22. The van der Waals surface area contributed by atoms with Crippen LogP contribution in [-0.4, -0.2) is 24.4 Å². The van der Waals surface area contributed by atoms with Gasteiger partial charge in [0.25, 0.3) is 0 Å². The van der Waals surface area contributed by atoms with Crippen molar-refractivity contribution in [3.8, 4) is 5.75 Å². The van der Waals surface area contributed by atoms with Crippen molar-refractivity contribution >= 4 is 17.5 Å². The molecule has 1 heterocycles. The van der Waals surface area contributed by atoms with E-state index in [1.807, 2.05) is 31.2 Å². The van der Waals surface area contributed by atoms with Gasteiger partial charge in [-0.25, -0.2) is 0 Å². The first kappa shape index (κ1) is 14.2. The summed E-state index contributed by atoms with van der Waals surface area (Å²) in [5, 5.41) is 3.16. The number of rotatable bonds is 5. The first-order valence-electron chi connectivity index (χ1n) is 6.82. The van der Waals surface area contributed by atoms with E-state index in [1.165, 1.54) is 0 Å². The van der Waals surface area contributed by atoms with Gasteiger partial charge >= 0.3 is 0 Å². The number of carbonyl (C=O) groups is 1. The standard InChI is InChI=1S/C15H20ClNO2/c1-11(16)5-4-9-17-15(18)13-8-10-19-14-7-3-2-6-12(13)14/h2-3,6-7,11,13H,4-5,8-10H2,1H3,(H,17,18). The predicted octanol–water partition coefficient (Wildman–Crippen LogP) is 3.08. The van der Waals surface area contributed by atoms with Crippen molar-refractivity contribution in [3.05, 3.63) is 29.8 Å². The molecule has 0 aliphatic carbocycles. The fraction of sp³-hybridized carbons (Fsp3) is 0.533. The zero-order chi connectivity index (χ0) is 13.7. The summed E-state index contributed by atoms with van der Waals surface area (Å²) in [6, 6.07) is 7.77. The number of alkyl halides is 1. The summed E-state index contributed by atoms with van der Waals surface area (Å²) < 4.78 is 5.56. The smallest absolute Gasteiger partial charge is 0.227 e. The monoisotopic (exact) mass is 281 g/mol. The zero-order valence-corrected chi connectivity index (χ0v) is 12.0. The van der Waals surface area contributed by atoms with Crippen LogP contribution in [-0.2, 0) is 4.79 Å². The van der Waals surface area contributed by atoms with E-state index in [4.69, 9.17) is 16.3 Å². The van der Waals surface area contributed by atoms with Crippen molar-refractivity contribution in [2.75, 3.05) is 13.2 Å². The van der Waals surface area contributed by atoms with E-state index < -0.39 is 0 Å². The molecule has 3 nitrogen and oxygen atoms in total. The lowest BCUT2D eigenvalue weighted by Gasteiger charge is -2.25. The number of benzene rings is 1. The zero-order valence-electron chi connectivity index (χ0n) is 11.2. The van der Waals surface area contributed by atoms with Gasteiger partial charge in [-0.05, 0) is 32.3 Å². The lowest BCUT2D eigenvalue weighted by molar-refractivity contribution is -0.123. The van der Waals surface area contributed by atoms with Gasteiger partial charge in [-0.3, -0.25) is 4.79 Å². The first-order chi connectivity index (χ1) is 9.18. The molecule has 4 heteroatoms. The van der Waals surface area contributed by atoms with E-state index in [0.29, 0.717) is 13.2 Å². The molecule has 2 atom stereocenters. The van der Waals surface area contributed by atoms with Crippen molar-refractivity contribution in [2.45, 2.75) is 37.5 Å². The molecule has 0 saturated carbocycles. The van der Waals surface area contributed by atoms with Crippen molar-refractivity contribution in [1.29, 1.82) is 0 Å². The van der Waals surface area contributed by atoms with Gasteiger partial charge < -0.3 is 10.1 Å². The van der Waals surface area contributed by atoms with Gasteiger partial charge in [-0.2, -0.15) is 0 Å². The third kappa shape index (κ3) is 3.87. The molecule has 1 aromatic rings. The highest BCUT2D eigenvalue weighted by molar-refractivity contribution is 6.20. The van der Waals surface area contributed by atoms with Gasteiger partial charge in [0, 0.05) is 17.5 Å². The fourth-order valence-corrected chi connectivity index (χ4v) is 2.49. The normalized spacial score (nSPS) is 19.2. The summed E-state index contributed by atoms with van der Waals surface area (Å²) in [6.07, 6.45) is 2.59. The molecule has 104 valence electrons. The highest BCUT2D eigenvalue weighted by Crippen LogP contribution is 2.33. The predicted molar refractivity (Wildman–Crippen MR) is 76.9 cm³/mol. The summed E-state index contributed by atoms with van der Waals surface area (Å²) in [7, 11) is 0. The molecular weight excluding hydrogens is 262 g/mol. The SMILES string of the molecule is CC(Cl)CCCNC(=O)C1CCOc2ccccc21. The highest BCUT2D eigenvalue weighted by atomic mass is 35.5. The van der Waals surface area contributed by atoms with E-state index in [1.54, 1.807) is 0 Å². The second-order valence-electron chi connectivity index (χ2n) is 4.94. The van der Waals surface area contributed by atoms with Gasteiger partial charge in [0.15, 0.2) is 0 Å². The highest BCUT2D eigenvalue weighted by Gasteiger charge is 2.26. The van der Waals surface area contributed by atoms with Crippen molar-refractivity contribution in [1.82, 2.24) is 5.32 Å². The van der Waals surface area contributed by atoms with Gasteiger partial charge in [-0.15, -0.1) is 11.6 Å². The van der Waals surface area contributed by atoms with Crippen LogP contribution >= 0.6 is 11.6 Å². The molecule has 1 aliphatic rings. The Morgan fingerprint density at radius 2 is 2.32 bits per heavy atom. The van der Waals surface area contributed by atoms with E-state index >= 15 is 0 Å². The third-order valence-electron chi connectivity index (χ3n) is 3.35. The Bertz CT molecular complexity index is 434. The number of fused-ring (bicyclic) bond motifs is 1. The third-order valence-corrected chi connectivity index (χ3v) is 3.57. The van der Waals surface area contributed by atoms with Crippen LogP contribution in [0, 0.1) is 0 Å². The quantitative estimate of drug-likeness (QED) is 0.665. The topological polar surface area (TPSA) is 38.3 Å². The molecule has 0 fully saturated rings. The van der Waals surface area contributed by atoms with Crippen LogP contribution in [0.15, 0.2) is 24.3 Å². The van der Waals surface area contributed by atoms with Crippen molar-refractivity contribution in [3.63, 3.8) is 0 Å². The fourth-order valence-electron chi connectivity index (χ4n) is 2.33. The molecule has 1 N–H and O–H groups in total. The molecule has 0 bridgehead atoms. The number of para-hydroxylation sites is 1. The summed E-state index contributed by atoms with van der Waals surface area (Å²) in [5.74, 6) is 0.847. The number of halogens is 1. The molecule has 2 rings (SSSR count). The van der Waals surface area contributed by atoms with Crippen LogP contribution < -0.4 is 10.1 Å². The molecule has 0 saturated heterocycles. The Morgan fingerprint density at radius 3 is 3.11 bits per heavy atom. The first-order valence-corrected chi connectivity index (χ1v) is 7.25. The van der Waals surface area contributed by atoms with E-state index in [-0.39, 0.29) is 17.2 Å². The second kappa shape index (κ2) is 6.80. The largest absolute Gasteiger partial charge is 0.493 e. The number of hydrogen-bond acceptors (Lipinski definition) is 2. The van der Waals surface area contributed by atoms with E-state index in [9.17, 15) is 4.79 Å². The summed E-state index contributed by atoms with van der Waals surface area (Å²) in [5.41, 5.74) is 0.997. The van der Waals surface area contributed by atoms with Gasteiger partial charge in [0.2, 0.25) is 5.91 Å². The van der Waals surface area contributed by atoms with Crippen LogP contribution in [0.4, 0.5) is 0 Å². The lowest BCUT2D eigenvalue weighted by Crippen LogP contribution is -2.33. The Kier molecular flexibility index (Phi) is 5.08. The van der Waals surface area contributed by atoms with Crippen molar-refractivity contribution < 1.29 is 9.53 Å². The Labute approximate surface area is 119 Å². The van der Waals surface area contributed by atoms with Gasteiger partial charge in [0.05, 0.1) is 12.5 Å². The summed E-state index contributed by atoms with van der Waals surface area (Å²) in [6.45, 7) is 3.27. The summed E-state index contributed by atoms with van der Waals surface area (Å²) >= 11 is 5.88. The van der Waals surface area contributed by atoms with Crippen LogP contribution in [0.25, 0.3) is 0 Å². The Balaban J connectivity index is 1.90. The number of hydrogen-bond donors (Lipinski definition) is 1. The molecule has 1 amide bonds. The minimum atomic E-state index is -0.0848.